The fraction of sp³-hybridized carbons (Fsp3) is 0.500. The Morgan fingerprint density at radius 2 is 2.10 bits per heavy atom. The molecule has 1 fully saturated rings. The third-order valence-corrected chi connectivity index (χ3v) is 3.36. The smallest absolute Gasteiger partial charge is 0.376 e. The second kappa shape index (κ2) is 6.34. The van der Waals surface area contributed by atoms with E-state index in [1.807, 2.05) is 0 Å². The number of rotatable bonds is 3. The minimum atomic E-state index is -4.51. The van der Waals surface area contributed by atoms with E-state index in [0.29, 0.717) is 6.61 Å². The highest BCUT2D eigenvalue weighted by atomic mass is 19.4. The van der Waals surface area contributed by atoms with Crippen molar-refractivity contribution in [1.29, 1.82) is 0 Å². The number of para-hydroxylation sites is 1. The van der Waals surface area contributed by atoms with Gasteiger partial charge in [-0.25, -0.2) is 4.79 Å². The van der Waals surface area contributed by atoms with Crippen LogP contribution in [0.1, 0.15) is 25.3 Å². The largest absolute Gasteiger partial charge is 0.418 e. The van der Waals surface area contributed by atoms with Crippen LogP contribution in [-0.2, 0) is 10.9 Å². The maximum Gasteiger partial charge on any atom is 0.418 e. The maximum absolute atomic E-state index is 12.8. The molecule has 0 aromatic heterocycles. The van der Waals surface area contributed by atoms with Gasteiger partial charge in [0.1, 0.15) is 0 Å². The van der Waals surface area contributed by atoms with Crippen LogP contribution in [0.3, 0.4) is 0 Å². The topological polar surface area (TPSA) is 50.4 Å². The number of carbonyl (C=O) groups excluding carboxylic acids is 1. The fourth-order valence-electron chi connectivity index (χ4n) is 2.29. The average molecular weight is 302 g/mol. The maximum atomic E-state index is 12.8. The van der Waals surface area contributed by atoms with Crippen LogP contribution >= 0.6 is 0 Å². The van der Waals surface area contributed by atoms with Gasteiger partial charge in [0.2, 0.25) is 0 Å². The van der Waals surface area contributed by atoms with Gasteiger partial charge in [0.15, 0.2) is 0 Å². The molecule has 1 saturated heterocycles. The molecule has 2 atom stereocenters. The Balaban J connectivity index is 1.99. The van der Waals surface area contributed by atoms with E-state index in [2.05, 4.69) is 10.6 Å². The molecule has 2 N–H and O–H groups in total. The lowest BCUT2D eigenvalue weighted by molar-refractivity contribution is -0.136. The van der Waals surface area contributed by atoms with Crippen LogP contribution in [0.15, 0.2) is 24.3 Å². The molecule has 4 nitrogen and oxygen atoms in total. The van der Waals surface area contributed by atoms with Gasteiger partial charge in [-0.05, 0) is 31.9 Å². The minimum absolute atomic E-state index is 0.0893. The van der Waals surface area contributed by atoms with Crippen molar-refractivity contribution >= 4 is 11.7 Å². The van der Waals surface area contributed by atoms with Crippen LogP contribution in [0.25, 0.3) is 0 Å². The fourth-order valence-corrected chi connectivity index (χ4v) is 2.29. The molecule has 0 spiro atoms. The SMILES string of the molecule is C[C@@H](NC(=O)Nc1ccccc1C(F)(F)F)[C@H]1CCCO1. The van der Waals surface area contributed by atoms with E-state index in [1.54, 1.807) is 6.92 Å². The highest BCUT2D eigenvalue weighted by molar-refractivity contribution is 5.90. The van der Waals surface area contributed by atoms with Crippen LogP contribution in [0, 0.1) is 0 Å². The molecule has 21 heavy (non-hydrogen) atoms. The lowest BCUT2D eigenvalue weighted by Gasteiger charge is -2.21. The monoisotopic (exact) mass is 302 g/mol. The summed E-state index contributed by atoms with van der Waals surface area (Å²) in [6.07, 6.45) is -2.84. The molecule has 1 aromatic rings. The Labute approximate surface area is 120 Å². The van der Waals surface area contributed by atoms with Crippen LogP contribution in [0.5, 0.6) is 0 Å². The number of amides is 2. The Morgan fingerprint density at radius 3 is 2.71 bits per heavy atom. The molecule has 1 aromatic carbocycles. The third-order valence-electron chi connectivity index (χ3n) is 3.36. The minimum Gasteiger partial charge on any atom is -0.376 e. The number of halogens is 3. The highest BCUT2D eigenvalue weighted by Crippen LogP contribution is 2.34. The normalized spacial score (nSPS) is 20.1. The Bertz CT molecular complexity index is 499. The van der Waals surface area contributed by atoms with E-state index < -0.39 is 17.8 Å². The Morgan fingerprint density at radius 1 is 1.38 bits per heavy atom. The van der Waals surface area contributed by atoms with Gasteiger partial charge >= 0.3 is 12.2 Å². The number of anilines is 1. The van der Waals surface area contributed by atoms with E-state index in [0.717, 1.165) is 18.9 Å². The van der Waals surface area contributed by atoms with Crippen molar-refractivity contribution in [1.82, 2.24) is 5.32 Å². The molecule has 0 bridgehead atoms. The summed E-state index contributed by atoms with van der Waals surface area (Å²) in [7, 11) is 0. The summed E-state index contributed by atoms with van der Waals surface area (Å²) in [6, 6.07) is 3.94. The molecule has 2 rings (SSSR count). The van der Waals surface area contributed by atoms with E-state index in [-0.39, 0.29) is 17.8 Å². The number of benzene rings is 1. The predicted molar refractivity (Wildman–Crippen MR) is 72.0 cm³/mol. The molecule has 1 aliphatic heterocycles. The highest BCUT2D eigenvalue weighted by Gasteiger charge is 2.33. The van der Waals surface area contributed by atoms with E-state index in [9.17, 15) is 18.0 Å². The van der Waals surface area contributed by atoms with Crippen LogP contribution in [-0.4, -0.2) is 24.8 Å². The van der Waals surface area contributed by atoms with Crippen LogP contribution in [0.4, 0.5) is 23.7 Å². The number of ether oxygens (including phenoxy) is 1. The van der Waals surface area contributed by atoms with Gasteiger partial charge in [0, 0.05) is 6.61 Å². The van der Waals surface area contributed by atoms with Gasteiger partial charge in [-0.1, -0.05) is 12.1 Å². The summed E-state index contributed by atoms with van der Waals surface area (Å²) in [4.78, 5) is 11.8. The zero-order valence-electron chi connectivity index (χ0n) is 11.5. The van der Waals surface area contributed by atoms with Gasteiger partial charge in [0.05, 0.1) is 23.4 Å². The second-order valence-electron chi connectivity index (χ2n) is 4.98. The quantitative estimate of drug-likeness (QED) is 0.899. The summed E-state index contributed by atoms with van der Waals surface area (Å²) in [6.45, 7) is 2.42. The molecule has 0 unspecified atom stereocenters. The lowest BCUT2D eigenvalue weighted by Crippen LogP contribution is -2.43. The van der Waals surface area contributed by atoms with Crippen molar-refractivity contribution in [3.63, 3.8) is 0 Å². The molecular weight excluding hydrogens is 285 g/mol. The molecular formula is C14H17F3N2O2. The average Bonchev–Trinajstić information content (AvgIpc) is 2.91. The first-order valence-electron chi connectivity index (χ1n) is 6.73. The summed E-state index contributed by atoms with van der Waals surface area (Å²) in [5.41, 5.74) is -1.13. The van der Waals surface area contributed by atoms with Crippen molar-refractivity contribution in [2.75, 3.05) is 11.9 Å². The molecule has 2 amide bonds. The summed E-state index contributed by atoms with van der Waals surface area (Å²) < 4.78 is 43.9. The van der Waals surface area contributed by atoms with E-state index in [1.165, 1.54) is 18.2 Å². The van der Waals surface area contributed by atoms with Gasteiger partial charge in [-0.3, -0.25) is 0 Å². The molecule has 0 saturated carbocycles. The summed E-state index contributed by atoms with van der Waals surface area (Å²) in [5.74, 6) is 0. The lowest BCUT2D eigenvalue weighted by atomic mass is 10.1. The van der Waals surface area contributed by atoms with Crippen molar-refractivity contribution in [3.8, 4) is 0 Å². The molecule has 1 heterocycles. The van der Waals surface area contributed by atoms with Gasteiger partial charge < -0.3 is 15.4 Å². The number of hydrogen-bond donors (Lipinski definition) is 2. The van der Waals surface area contributed by atoms with Crippen molar-refractivity contribution in [2.24, 2.45) is 0 Å². The number of carbonyl (C=O) groups is 1. The Hall–Kier alpha value is -1.76. The molecule has 0 aliphatic carbocycles. The molecule has 116 valence electrons. The number of urea groups is 1. The Kier molecular flexibility index (Phi) is 4.72. The first-order chi connectivity index (χ1) is 9.88. The second-order valence-corrected chi connectivity index (χ2v) is 4.98. The van der Waals surface area contributed by atoms with Crippen LogP contribution < -0.4 is 10.6 Å². The van der Waals surface area contributed by atoms with Gasteiger partial charge in [-0.2, -0.15) is 13.2 Å². The summed E-state index contributed by atoms with van der Waals surface area (Å²) in [5, 5.41) is 4.85. The molecule has 7 heteroatoms. The zero-order chi connectivity index (χ0) is 15.5. The zero-order valence-corrected chi connectivity index (χ0v) is 11.5. The van der Waals surface area contributed by atoms with Crippen LogP contribution in [0.2, 0.25) is 0 Å². The molecule has 1 aliphatic rings. The van der Waals surface area contributed by atoms with E-state index >= 15 is 0 Å². The van der Waals surface area contributed by atoms with Gasteiger partial charge in [-0.15, -0.1) is 0 Å². The first kappa shape index (κ1) is 15.6. The number of hydrogen-bond acceptors (Lipinski definition) is 2. The van der Waals surface area contributed by atoms with Crippen molar-refractivity contribution in [3.05, 3.63) is 29.8 Å². The van der Waals surface area contributed by atoms with E-state index in [4.69, 9.17) is 4.74 Å². The van der Waals surface area contributed by atoms with Crippen molar-refractivity contribution < 1.29 is 22.7 Å². The predicted octanol–water partition coefficient (Wildman–Crippen LogP) is 3.39. The third kappa shape index (κ3) is 4.10. The first-order valence-corrected chi connectivity index (χ1v) is 6.73. The van der Waals surface area contributed by atoms with Crippen molar-refractivity contribution in [2.45, 2.75) is 38.1 Å². The number of alkyl halides is 3. The summed E-state index contributed by atoms with van der Waals surface area (Å²) >= 11 is 0. The van der Waals surface area contributed by atoms with Gasteiger partial charge in [0.25, 0.3) is 0 Å². The molecule has 0 radical (unpaired) electrons. The standard InChI is InChI=1S/C14H17F3N2O2/c1-9(12-7-4-8-21-12)18-13(20)19-11-6-3-2-5-10(11)14(15,16)17/h2-3,5-6,9,12H,4,7-8H2,1H3,(H2,18,19,20)/t9-,12-/m1/s1. The number of nitrogens with one attached hydrogen (secondary N) is 2.